The third kappa shape index (κ3) is 3.65. The van der Waals surface area contributed by atoms with E-state index in [4.69, 9.17) is 9.15 Å². The van der Waals surface area contributed by atoms with Crippen molar-refractivity contribution in [1.29, 1.82) is 0 Å². The molecule has 1 aliphatic rings. The molecule has 0 radical (unpaired) electrons. The number of methoxy groups -OCH3 is 1. The van der Waals surface area contributed by atoms with Crippen molar-refractivity contribution < 1.29 is 22.0 Å². The molecule has 1 saturated heterocycles. The zero-order valence-electron chi connectivity index (χ0n) is 17.4. The third-order valence-corrected chi connectivity index (χ3v) is 7.64. The Morgan fingerprint density at radius 3 is 2.59 bits per heavy atom. The molecule has 8 heteroatoms. The molecule has 4 aromatic rings. The molecule has 164 valence electrons. The van der Waals surface area contributed by atoms with E-state index in [2.05, 4.69) is 4.98 Å². The van der Waals surface area contributed by atoms with Gasteiger partial charge in [-0.3, -0.25) is 0 Å². The molecular formula is C24H21FN2O4S. The summed E-state index contributed by atoms with van der Waals surface area (Å²) in [5, 5.41) is 0. The SMILES string of the molecule is COc1ccc(S(=O)(=O)N2CCC[C@H]2c2nc3cc(-c4cccc(F)c4)ccc3o2)cc1. The van der Waals surface area contributed by atoms with Gasteiger partial charge in [-0.15, -0.1) is 0 Å². The van der Waals surface area contributed by atoms with E-state index in [1.54, 1.807) is 36.4 Å². The van der Waals surface area contributed by atoms with Crippen molar-refractivity contribution >= 4 is 21.1 Å². The lowest BCUT2D eigenvalue weighted by molar-refractivity contribution is 0.337. The van der Waals surface area contributed by atoms with Crippen LogP contribution >= 0.6 is 0 Å². The molecule has 0 N–H and O–H groups in total. The summed E-state index contributed by atoms with van der Waals surface area (Å²) in [7, 11) is -2.18. The molecule has 0 unspecified atom stereocenters. The predicted molar refractivity (Wildman–Crippen MR) is 118 cm³/mol. The summed E-state index contributed by atoms with van der Waals surface area (Å²) in [6.45, 7) is 0.395. The zero-order chi connectivity index (χ0) is 22.3. The Morgan fingerprint density at radius 2 is 1.84 bits per heavy atom. The normalized spacial score (nSPS) is 17.1. The van der Waals surface area contributed by atoms with Crippen molar-refractivity contribution in [3.8, 4) is 16.9 Å². The molecule has 0 saturated carbocycles. The van der Waals surface area contributed by atoms with Crippen LogP contribution in [0.2, 0.25) is 0 Å². The highest BCUT2D eigenvalue weighted by atomic mass is 32.2. The Bertz CT molecular complexity index is 1380. The van der Waals surface area contributed by atoms with Crippen LogP contribution in [0.4, 0.5) is 4.39 Å². The standard InChI is InChI=1S/C24H21FN2O4S/c1-30-19-8-10-20(11-9-19)32(28,29)27-13-3-6-22(27)24-26-21-15-17(7-12-23(21)31-24)16-4-2-5-18(25)14-16/h2,4-5,7-12,14-15,22H,3,6,13H2,1H3/t22-/m0/s1. The van der Waals surface area contributed by atoms with E-state index >= 15 is 0 Å². The van der Waals surface area contributed by atoms with Crippen molar-refractivity contribution in [3.63, 3.8) is 0 Å². The monoisotopic (exact) mass is 452 g/mol. The number of aromatic nitrogens is 1. The molecule has 32 heavy (non-hydrogen) atoms. The number of rotatable bonds is 5. The van der Waals surface area contributed by atoms with Gasteiger partial charge in [0.2, 0.25) is 15.9 Å². The fraction of sp³-hybridized carbons (Fsp3) is 0.208. The quantitative estimate of drug-likeness (QED) is 0.418. The first-order valence-corrected chi connectivity index (χ1v) is 11.7. The van der Waals surface area contributed by atoms with Crippen molar-refractivity contribution in [1.82, 2.24) is 9.29 Å². The van der Waals surface area contributed by atoms with E-state index in [-0.39, 0.29) is 10.7 Å². The molecule has 0 bridgehead atoms. The van der Waals surface area contributed by atoms with E-state index in [0.29, 0.717) is 42.1 Å². The maximum atomic E-state index is 13.6. The van der Waals surface area contributed by atoms with Gasteiger partial charge in [0.15, 0.2) is 5.58 Å². The molecular weight excluding hydrogens is 431 g/mol. The van der Waals surface area contributed by atoms with Crippen LogP contribution < -0.4 is 4.74 Å². The van der Waals surface area contributed by atoms with Gasteiger partial charge in [-0.05, 0) is 72.5 Å². The van der Waals surface area contributed by atoms with Gasteiger partial charge in [0, 0.05) is 6.54 Å². The highest BCUT2D eigenvalue weighted by molar-refractivity contribution is 7.89. The van der Waals surface area contributed by atoms with E-state index in [1.807, 2.05) is 18.2 Å². The zero-order valence-corrected chi connectivity index (χ0v) is 18.2. The molecule has 1 fully saturated rings. The molecule has 6 nitrogen and oxygen atoms in total. The lowest BCUT2D eigenvalue weighted by Crippen LogP contribution is -2.30. The number of ether oxygens (including phenoxy) is 1. The van der Waals surface area contributed by atoms with Gasteiger partial charge in [-0.25, -0.2) is 17.8 Å². The Morgan fingerprint density at radius 1 is 1.06 bits per heavy atom. The van der Waals surface area contributed by atoms with Crippen LogP contribution in [0.15, 0.2) is 76.0 Å². The molecule has 5 rings (SSSR count). The van der Waals surface area contributed by atoms with Crippen LogP contribution in [0, 0.1) is 5.82 Å². The summed E-state index contributed by atoms with van der Waals surface area (Å²) < 4.78 is 52.7. The second-order valence-corrected chi connectivity index (χ2v) is 9.58. The van der Waals surface area contributed by atoms with Crippen molar-refractivity contribution in [3.05, 3.63) is 78.4 Å². The van der Waals surface area contributed by atoms with Gasteiger partial charge < -0.3 is 9.15 Å². The number of oxazole rings is 1. The first-order valence-electron chi connectivity index (χ1n) is 10.3. The summed E-state index contributed by atoms with van der Waals surface area (Å²) in [4.78, 5) is 4.81. The molecule has 2 heterocycles. The number of nitrogens with zero attached hydrogens (tertiary/aromatic N) is 2. The van der Waals surface area contributed by atoms with Crippen LogP contribution in [0.1, 0.15) is 24.8 Å². The van der Waals surface area contributed by atoms with Gasteiger partial charge in [-0.1, -0.05) is 18.2 Å². The number of benzene rings is 3. The summed E-state index contributed by atoms with van der Waals surface area (Å²) in [5.74, 6) is 0.648. The van der Waals surface area contributed by atoms with Crippen LogP contribution in [-0.2, 0) is 10.0 Å². The molecule has 0 amide bonds. The second kappa shape index (κ2) is 8.03. The van der Waals surface area contributed by atoms with Crippen LogP contribution in [-0.4, -0.2) is 31.4 Å². The topological polar surface area (TPSA) is 72.6 Å². The summed E-state index contributed by atoms with van der Waals surface area (Å²) in [6, 6.07) is 17.7. The minimum Gasteiger partial charge on any atom is -0.497 e. The number of hydrogen-bond donors (Lipinski definition) is 0. The smallest absolute Gasteiger partial charge is 0.243 e. The highest BCUT2D eigenvalue weighted by Gasteiger charge is 2.39. The first-order chi connectivity index (χ1) is 15.5. The summed E-state index contributed by atoms with van der Waals surface area (Å²) in [5.41, 5.74) is 2.72. The molecule has 3 aromatic carbocycles. The van der Waals surface area contributed by atoms with Gasteiger partial charge in [-0.2, -0.15) is 4.31 Å². The average Bonchev–Trinajstić information content (AvgIpc) is 3.46. The summed E-state index contributed by atoms with van der Waals surface area (Å²) in [6.07, 6.45) is 1.34. The van der Waals surface area contributed by atoms with Crippen molar-refractivity contribution in [2.75, 3.05) is 13.7 Å². The van der Waals surface area contributed by atoms with Crippen molar-refractivity contribution in [2.45, 2.75) is 23.8 Å². The van der Waals surface area contributed by atoms with E-state index < -0.39 is 16.1 Å². The lowest BCUT2D eigenvalue weighted by atomic mass is 10.1. The molecule has 1 aliphatic heterocycles. The van der Waals surface area contributed by atoms with Crippen LogP contribution in [0.25, 0.3) is 22.2 Å². The van der Waals surface area contributed by atoms with Gasteiger partial charge >= 0.3 is 0 Å². The Kier molecular flexibility index (Phi) is 5.19. The molecule has 1 aromatic heterocycles. The Hall–Kier alpha value is -3.23. The average molecular weight is 453 g/mol. The second-order valence-electron chi connectivity index (χ2n) is 7.69. The molecule has 1 atom stereocenters. The Labute approximate surface area is 185 Å². The number of fused-ring (bicyclic) bond motifs is 1. The van der Waals surface area contributed by atoms with E-state index in [1.165, 1.54) is 23.5 Å². The van der Waals surface area contributed by atoms with Gasteiger partial charge in [0.05, 0.1) is 12.0 Å². The third-order valence-electron chi connectivity index (χ3n) is 5.72. The lowest BCUT2D eigenvalue weighted by Gasteiger charge is -2.21. The molecule has 0 spiro atoms. The van der Waals surface area contributed by atoms with Crippen LogP contribution in [0.5, 0.6) is 5.75 Å². The van der Waals surface area contributed by atoms with E-state index in [9.17, 15) is 12.8 Å². The number of sulfonamides is 1. The van der Waals surface area contributed by atoms with Crippen LogP contribution in [0.3, 0.4) is 0 Å². The first kappa shape index (κ1) is 20.7. The van der Waals surface area contributed by atoms with Gasteiger partial charge in [0.1, 0.15) is 23.1 Å². The minimum absolute atomic E-state index is 0.203. The van der Waals surface area contributed by atoms with Gasteiger partial charge in [0.25, 0.3) is 0 Å². The fourth-order valence-electron chi connectivity index (χ4n) is 4.09. The maximum absolute atomic E-state index is 13.6. The minimum atomic E-state index is -3.72. The van der Waals surface area contributed by atoms with Crippen molar-refractivity contribution in [2.24, 2.45) is 0 Å². The maximum Gasteiger partial charge on any atom is 0.243 e. The predicted octanol–water partition coefficient (Wildman–Crippen LogP) is 5.17. The highest BCUT2D eigenvalue weighted by Crippen LogP contribution is 2.38. The van der Waals surface area contributed by atoms with E-state index in [0.717, 1.165) is 11.1 Å². The summed E-state index contributed by atoms with van der Waals surface area (Å²) >= 11 is 0. The fourth-order valence-corrected chi connectivity index (χ4v) is 5.74. The Balaban J connectivity index is 1.48. The largest absolute Gasteiger partial charge is 0.497 e. The number of hydrogen-bond acceptors (Lipinski definition) is 5. The molecule has 0 aliphatic carbocycles. The number of halogens is 1.